The van der Waals surface area contributed by atoms with E-state index in [4.69, 9.17) is 15.7 Å². The van der Waals surface area contributed by atoms with E-state index < -0.39 is 5.91 Å². The van der Waals surface area contributed by atoms with Gasteiger partial charge in [0.1, 0.15) is 17.4 Å². The summed E-state index contributed by atoms with van der Waals surface area (Å²) < 4.78 is 5.01. The van der Waals surface area contributed by atoms with E-state index in [9.17, 15) is 4.79 Å². The summed E-state index contributed by atoms with van der Waals surface area (Å²) in [6, 6.07) is 7.14. The van der Waals surface area contributed by atoms with Crippen LogP contribution in [-0.4, -0.2) is 13.0 Å². The molecule has 0 spiro atoms. The van der Waals surface area contributed by atoms with Gasteiger partial charge < -0.3 is 10.5 Å². The lowest BCUT2D eigenvalue weighted by Gasteiger charge is -2.04. The van der Waals surface area contributed by atoms with Gasteiger partial charge in [-0.05, 0) is 17.7 Å². The molecule has 4 heteroatoms. The summed E-state index contributed by atoms with van der Waals surface area (Å²) in [6.07, 6.45) is 2.69. The lowest BCUT2D eigenvalue weighted by Crippen LogP contribution is -2.05. The fraction of sp³-hybridized carbons (Fsp3) is 0.0909. The Morgan fingerprint density at radius 3 is 2.87 bits per heavy atom. The standard InChI is InChI=1S/C11H10N2O2/c1-15-10-4-2-3-8(9(10)7-12)5-6-11(13)14/h2-6H,1H3,(H2,13,14). The number of nitriles is 1. The maximum Gasteiger partial charge on any atom is 0.241 e. The first-order chi connectivity index (χ1) is 7.19. The number of carbonyl (C=O) groups is 1. The average molecular weight is 202 g/mol. The van der Waals surface area contributed by atoms with Gasteiger partial charge in [0.15, 0.2) is 0 Å². The fourth-order valence-corrected chi connectivity index (χ4v) is 1.15. The number of hydrogen-bond acceptors (Lipinski definition) is 3. The number of primary amides is 1. The Bertz CT molecular complexity index is 444. The summed E-state index contributed by atoms with van der Waals surface area (Å²) >= 11 is 0. The van der Waals surface area contributed by atoms with Crippen molar-refractivity contribution in [3.63, 3.8) is 0 Å². The number of nitrogens with two attached hydrogens (primary N) is 1. The van der Waals surface area contributed by atoms with Crippen molar-refractivity contribution in [3.05, 3.63) is 35.4 Å². The van der Waals surface area contributed by atoms with Crippen molar-refractivity contribution in [3.8, 4) is 11.8 Å². The monoisotopic (exact) mass is 202 g/mol. The Kier molecular flexibility index (Phi) is 3.47. The van der Waals surface area contributed by atoms with Crippen LogP contribution >= 0.6 is 0 Å². The predicted molar refractivity (Wildman–Crippen MR) is 55.9 cm³/mol. The minimum absolute atomic E-state index is 0.387. The number of methoxy groups -OCH3 is 1. The normalized spacial score (nSPS) is 9.87. The van der Waals surface area contributed by atoms with Crippen molar-refractivity contribution in [1.29, 1.82) is 5.26 Å². The van der Waals surface area contributed by atoms with Crippen LogP contribution < -0.4 is 10.5 Å². The highest BCUT2D eigenvalue weighted by molar-refractivity contribution is 5.90. The molecule has 0 aliphatic rings. The molecule has 0 saturated heterocycles. The second-order valence-electron chi connectivity index (χ2n) is 2.77. The molecule has 1 rings (SSSR count). The first kappa shape index (κ1) is 10.8. The van der Waals surface area contributed by atoms with Crippen LogP contribution in [0.4, 0.5) is 0 Å². The molecule has 76 valence electrons. The lowest BCUT2D eigenvalue weighted by atomic mass is 10.1. The van der Waals surface area contributed by atoms with Gasteiger partial charge in [-0.15, -0.1) is 0 Å². The van der Waals surface area contributed by atoms with Gasteiger partial charge >= 0.3 is 0 Å². The molecule has 0 aromatic heterocycles. The summed E-state index contributed by atoms with van der Waals surface area (Å²) in [5.41, 5.74) is 5.96. The van der Waals surface area contributed by atoms with Gasteiger partial charge in [0.05, 0.1) is 7.11 Å². The Hall–Kier alpha value is -2.28. The number of amides is 1. The summed E-state index contributed by atoms with van der Waals surface area (Å²) in [6.45, 7) is 0. The van der Waals surface area contributed by atoms with Gasteiger partial charge in [0, 0.05) is 6.08 Å². The van der Waals surface area contributed by atoms with Gasteiger partial charge in [-0.1, -0.05) is 12.1 Å². The first-order valence-corrected chi connectivity index (χ1v) is 4.23. The summed E-state index contributed by atoms with van der Waals surface area (Å²) in [4.78, 5) is 10.5. The van der Waals surface area contributed by atoms with Crippen LogP contribution in [0, 0.1) is 11.3 Å². The zero-order chi connectivity index (χ0) is 11.3. The molecule has 0 unspecified atom stereocenters. The Morgan fingerprint density at radius 1 is 1.60 bits per heavy atom. The molecule has 2 N–H and O–H groups in total. The van der Waals surface area contributed by atoms with Crippen molar-refractivity contribution in [2.45, 2.75) is 0 Å². The van der Waals surface area contributed by atoms with E-state index in [0.717, 1.165) is 0 Å². The topological polar surface area (TPSA) is 76.1 Å². The maximum absolute atomic E-state index is 10.5. The zero-order valence-electron chi connectivity index (χ0n) is 8.23. The lowest BCUT2D eigenvalue weighted by molar-refractivity contribution is -0.113. The van der Waals surface area contributed by atoms with Crippen LogP contribution in [0.25, 0.3) is 6.08 Å². The average Bonchev–Trinajstić information content (AvgIpc) is 2.25. The molecule has 0 heterocycles. The maximum atomic E-state index is 10.5. The van der Waals surface area contributed by atoms with Gasteiger partial charge in [0.25, 0.3) is 0 Å². The fourth-order valence-electron chi connectivity index (χ4n) is 1.15. The molecule has 0 aliphatic heterocycles. The van der Waals surface area contributed by atoms with Crippen LogP contribution in [-0.2, 0) is 4.79 Å². The number of ether oxygens (including phenoxy) is 1. The molecular weight excluding hydrogens is 192 g/mol. The molecule has 0 bridgehead atoms. The minimum Gasteiger partial charge on any atom is -0.495 e. The smallest absolute Gasteiger partial charge is 0.241 e. The van der Waals surface area contributed by atoms with Gasteiger partial charge in [-0.3, -0.25) is 4.79 Å². The van der Waals surface area contributed by atoms with Crippen molar-refractivity contribution >= 4 is 12.0 Å². The van der Waals surface area contributed by atoms with E-state index in [1.807, 2.05) is 6.07 Å². The molecule has 0 atom stereocenters. The molecular formula is C11H10N2O2. The number of rotatable bonds is 3. The largest absolute Gasteiger partial charge is 0.495 e. The Balaban J connectivity index is 3.19. The van der Waals surface area contributed by atoms with Gasteiger partial charge in [-0.2, -0.15) is 5.26 Å². The number of benzene rings is 1. The molecule has 0 saturated carbocycles. The van der Waals surface area contributed by atoms with Crippen LogP contribution in [0.5, 0.6) is 5.75 Å². The second kappa shape index (κ2) is 4.82. The molecule has 4 nitrogen and oxygen atoms in total. The van der Waals surface area contributed by atoms with Crippen molar-refractivity contribution in [2.75, 3.05) is 7.11 Å². The van der Waals surface area contributed by atoms with E-state index in [-0.39, 0.29) is 0 Å². The zero-order valence-corrected chi connectivity index (χ0v) is 8.23. The highest BCUT2D eigenvalue weighted by Gasteiger charge is 2.05. The van der Waals surface area contributed by atoms with Crippen LogP contribution in [0.15, 0.2) is 24.3 Å². The first-order valence-electron chi connectivity index (χ1n) is 4.23. The van der Waals surface area contributed by atoms with E-state index in [1.54, 1.807) is 18.2 Å². The van der Waals surface area contributed by atoms with E-state index in [2.05, 4.69) is 0 Å². The van der Waals surface area contributed by atoms with Crippen molar-refractivity contribution in [2.24, 2.45) is 5.73 Å². The second-order valence-corrected chi connectivity index (χ2v) is 2.77. The minimum atomic E-state index is -0.554. The Labute approximate surface area is 87.6 Å². The highest BCUT2D eigenvalue weighted by Crippen LogP contribution is 2.21. The van der Waals surface area contributed by atoms with E-state index in [0.29, 0.717) is 16.9 Å². The van der Waals surface area contributed by atoms with Gasteiger partial charge in [-0.25, -0.2) is 0 Å². The third-order valence-corrected chi connectivity index (χ3v) is 1.82. The Morgan fingerprint density at radius 2 is 2.33 bits per heavy atom. The molecule has 0 radical (unpaired) electrons. The molecule has 0 aliphatic carbocycles. The van der Waals surface area contributed by atoms with E-state index in [1.165, 1.54) is 19.3 Å². The summed E-state index contributed by atoms with van der Waals surface area (Å²) in [5.74, 6) is -0.0779. The van der Waals surface area contributed by atoms with Crippen molar-refractivity contribution in [1.82, 2.24) is 0 Å². The number of nitrogens with zero attached hydrogens (tertiary/aromatic N) is 1. The van der Waals surface area contributed by atoms with Crippen LogP contribution in [0.3, 0.4) is 0 Å². The highest BCUT2D eigenvalue weighted by atomic mass is 16.5. The quantitative estimate of drug-likeness (QED) is 0.744. The molecule has 1 aromatic carbocycles. The van der Waals surface area contributed by atoms with Crippen LogP contribution in [0.1, 0.15) is 11.1 Å². The predicted octanol–water partition coefficient (Wildman–Crippen LogP) is 1.07. The SMILES string of the molecule is COc1cccc(C=CC(N)=O)c1C#N. The van der Waals surface area contributed by atoms with Crippen molar-refractivity contribution < 1.29 is 9.53 Å². The molecule has 15 heavy (non-hydrogen) atoms. The molecule has 1 amide bonds. The number of carbonyl (C=O) groups excluding carboxylic acids is 1. The summed E-state index contributed by atoms with van der Waals surface area (Å²) in [7, 11) is 1.48. The van der Waals surface area contributed by atoms with E-state index >= 15 is 0 Å². The van der Waals surface area contributed by atoms with Gasteiger partial charge in [0.2, 0.25) is 5.91 Å². The molecule has 0 fully saturated rings. The summed E-state index contributed by atoms with van der Waals surface area (Å²) in [5, 5.41) is 8.92. The molecule has 1 aromatic rings. The third-order valence-electron chi connectivity index (χ3n) is 1.82. The van der Waals surface area contributed by atoms with Crippen LogP contribution in [0.2, 0.25) is 0 Å². The number of hydrogen-bond donors (Lipinski definition) is 1. The third kappa shape index (κ3) is 2.58.